The second-order valence-electron chi connectivity index (χ2n) is 8.18. The van der Waals surface area contributed by atoms with Crippen molar-refractivity contribution in [2.75, 3.05) is 0 Å². The fourth-order valence-corrected chi connectivity index (χ4v) is 5.69. The third kappa shape index (κ3) is 2.63. The Labute approximate surface area is 143 Å². The monoisotopic (exact) mass is 320 g/mol. The van der Waals surface area contributed by atoms with Gasteiger partial charge in [-0.05, 0) is 68.4 Å². The molecule has 0 saturated heterocycles. The number of aromatic nitrogens is 3. The zero-order chi connectivity index (χ0) is 16.0. The Hall–Kier alpha value is -1.81. The van der Waals surface area contributed by atoms with Gasteiger partial charge in [0.1, 0.15) is 5.69 Å². The molecule has 4 nitrogen and oxygen atoms in total. The summed E-state index contributed by atoms with van der Waals surface area (Å²) >= 11 is 0. The lowest BCUT2D eigenvalue weighted by atomic mass is 9.53. The molecule has 4 aliphatic rings. The standard InChI is InChI=1S/C20H24N4/c1-2-4-21-18(3-1)19-22-11-17(12-23-19)13-24-20-8-14-5-15(9-20)7-16(6-14)10-20/h1-4,11-12,14-16,24H,5-10,13H2. The van der Waals surface area contributed by atoms with E-state index in [9.17, 15) is 0 Å². The minimum Gasteiger partial charge on any atom is -0.307 e. The summed E-state index contributed by atoms with van der Waals surface area (Å²) in [6.45, 7) is 0.884. The average Bonchev–Trinajstić information content (AvgIpc) is 2.60. The summed E-state index contributed by atoms with van der Waals surface area (Å²) in [5, 5.41) is 3.91. The van der Waals surface area contributed by atoms with Crippen molar-refractivity contribution in [2.24, 2.45) is 17.8 Å². The Bertz CT molecular complexity index is 675. The predicted molar refractivity (Wildman–Crippen MR) is 93.0 cm³/mol. The number of nitrogens with one attached hydrogen (secondary N) is 1. The molecule has 124 valence electrons. The first-order valence-electron chi connectivity index (χ1n) is 9.25. The van der Waals surface area contributed by atoms with Gasteiger partial charge < -0.3 is 5.32 Å². The van der Waals surface area contributed by atoms with Crippen molar-refractivity contribution in [2.45, 2.75) is 50.6 Å². The van der Waals surface area contributed by atoms with Crippen LogP contribution in [0, 0.1) is 17.8 Å². The number of pyridine rings is 1. The number of hydrogen-bond acceptors (Lipinski definition) is 4. The quantitative estimate of drug-likeness (QED) is 0.935. The smallest absolute Gasteiger partial charge is 0.178 e. The van der Waals surface area contributed by atoms with Gasteiger partial charge in [0.25, 0.3) is 0 Å². The van der Waals surface area contributed by atoms with Crippen LogP contribution in [-0.2, 0) is 6.54 Å². The topological polar surface area (TPSA) is 50.7 Å². The maximum atomic E-state index is 4.50. The summed E-state index contributed by atoms with van der Waals surface area (Å²) < 4.78 is 0. The number of nitrogens with zero attached hydrogens (tertiary/aromatic N) is 3. The van der Waals surface area contributed by atoms with Crippen molar-refractivity contribution in [3.05, 3.63) is 42.4 Å². The minimum atomic E-state index is 0.397. The maximum Gasteiger partial charge on any atom is 0.178 e. The Morgan fingerprint density at radius 2 is 1.58 bits per heavy atom. The highest BCUT2D eigenvalue weighted by molar-refractivity contribution is 5.47. The molecule has 0 aromatic carbocycles. The van der Waals surface area contributed by atoms with Gasteiger partial charge >= 0.3 is 0 Å². The number of rotatable bonds is 4. The molecule has 0 unspecified atom stereocenters. The van der Waals surface area contributed by atoms with Gasteiger partial charge in [-0.25, -0.2) is 9.97 Å². The van der Waals surface area contributed by atoms with Gasteiger partial charge in [-0.15, -0.1) is 0 Å². The highest BCUT2D eigenvalue weighted by Gasteiger charge is 2.50. The summed E-state index contributed by atoms with van der Waals surface area (Å²) in [4.78, 5) is 13.3. The molecule has 6 rings (SSSR count). The summed E-state index contributed by atoms with van der Waals surface area (Å²) in [6.07, 6.45) is 14.3. The highest BCUT2D eigenvalue weighted by Crippen LogP contribution is 2.55. The van der Waals surface area contributed by atoms with Gasteiger partial charge in [-0.1, -0.05) is 6.07 Å². The van der Waals surface area contributed by atoms with Crippen molar-refractivity contribution in [3.63, 3.8) is 0 Å². The lowest BCUT2D eigenvalue weighted by molar-refractivity contribution is -0.0206. The summed E-state index contributed by atoms with van der Waals surface area (Å²) in [6, 6.07) is 5.82. The minimum absolute atomic E-state index is 0.397. The van der Waals surface area contributed by atoms with E-state index in [1.165, 1.54) is 44.1 Å². The molecule has 0 atom stereocenters. The Balaban J connectivity index is 1.27. The Morgan fingerprint density at radius 3 is 2.17 bits per heavy atom. The molecule has 0 aliphatic heterocycles. The van der Waals surface area contributed by atoms with Crippen LogP contribution in [0.25, 0.3) is 11.5 Å². The van der Waals surface area contributed by atoms with Crippen molar-refractivity contribution in [1.82, 2.24) is 20.3 Å². The molecule has 0 spiro atoms. The second-order valence-corrected chi connectivity index (χ2v) is 8.18. The van der Waals surface area contributed by atoms with E-state index in [0.717, 1.165) is 30.0 Å². The van der Waals surface area contributed by atoms with E-state index in [2.05, 4.69) is 20.3 Å². The molecule has 0 amide bonds. The summed E-state index contributed by atoms with van der Waals surface area (Å²) in [5.74, 6) is 3.64. The maximum absolute atomic E-state index is 4.50. The molecule has 4 bridgehead atoms. The summed E-state index contributed by atoms with van der Waals surface area (Å²) in [5.41, 5.74) is 2.40. The van der Waals surface area contributed by atoms with Crippen LogP contribution in [0.1, 0.15) is 44.1 Å². The molecule has 24 heavy (non-hydrogen) atoms. The van der Waals surface area contributed by atoms with Crippen LogP contribution in [0.4, 0.5) is 0 Å². The summed E-state index contributed by atoms with van der Waals surface area (Å²) in [7, 11) is 0. The van der Waals surface area contributed by atoms with Crippen LogP contribution in [0.15, 0.2) is 36.8 Å². The fourth-order valence-electron chi connectivity index (χ4n) is 5.69. The molecule has 4 fully saturated rings. The molecule has 2 heterocycles. The first kappa shape index (κ1) is 14.5. The van der Waals surface area contributed by atoms with Gasteiger partial charge in [0.05, 0.1) is 0 Å². The van der Waals surface area contributed by atoms with Crippen LogP contribution in [0.2, 0.25) is 0 Å². The van der Waals surface area contributed by atoms with E-state index in [0.29, 0.717) is 11.4 Å². The van der Waals surface area contributed by atoms with Crippen LogP contribution in [0.5, 0.6) is 0 Å². The SMILES string of the molecule is c1ccc(-c2ncc(CNC34CC5CC(CC(C5)C3)C4)cn2)nc1. The molecule has 0 radical (unpaired) electrons. The van der Waals surface area contributed by atoms with Crippen molar-refractivity contribution in [3.8, 4) is 11.5 Å². The van der Waals surface area contributed by atoms with Crippen LogP contribution < -0.4 is 5.32 Å². The molecular formula is C20H24N4. The Kier molecular flexibility index (Phi) is 3.40. The lowest BCUT2D eigenvalue weighted by Crippen LogP contribution is -2.58. The van der Waals surface area contributed by atoms with E-state index >= 15 is 0 Å². The van der Waals surface area contributed by atoms with Crippen LogP contribution >= 0.6 is 0 Å². The fraction of sp³-hybridized carbons (Fsp3) is 0.550. The zero-order valence-corrected chi connectivity index (χ0v) is 14.0. The van der Waals surface area contributed by atoms with Gasteiger partial charge in [0.2, 0.25) is 0 Å². The van der Waals surface area contributed by atoms with Crippen LogP contribution in [0.3, 0.4) is 0 Å². The van der Waals surface area contributed by atoms with Gasteiger partial charge in [0.15, 0.2) is 5.82 Å². The zero-order valence-electron chi connectivity index (χ0n) is 14.0. The molecule has 1 N–H and O–H groups in total. The first-order valence-corrected chi connectivity index (χ1v) is 9.25. The third-order valence-electron chi connectivity index (χ3n) is 6.31. The predicted octanol–water partition coefficient (Wildman–Crippen LogP) is 3.60. The average molecular weight is 320 g/mol. The molecular weight excluding hydrogens is 296 g/mol. The van der Waals surface area contributed by atoms with Crippen molar-refractivity contribution >= 4 is 0 Å². The first-order chi connectivity index (χ1) is 11.8. The van der Waals surface area contributed by atoms with Gasteiger partial charge in [0, 0.05) is 36.2 Å². The normalized spacial score (nSPS) is 33.8. The molecule has 2 aromatic heterocycles. The second kappa shape index (κ2) is 5.62. The van der Waals surface area contributed by atoms with E-state index < -0.39 is 0 Å². The van der Waals surface area contributed by atoms with Crippen molar-refractivity contribution < 1.29 is 0 Å². The molecule has 4 heteroatoms. The van der Waals surface area contributed by atoms with Gasteiger partial charge in [-0.3, -0.25) is 4.98 Å². The van der Waals surface area contributed by atoms with E-state index in [1.807, 2.05) is 30.6 Å². The molecule has 2 aromatic rings. The number of hydrogen-bond donors (Lipinski definition) is 1. The lowest BCUT2D eigenvalue weighted by Gasteiger charge is -2.57. The van der Waals surface area contributed by atoms with E-state index in [-0.39, 0.29) is 0 Å². The molecule has 4 aliphatic carbocycles. The van der Waals surface area contributed by atoms with E-state index in [1.54, 1.807) is 6.20 Å². The van der Waals surface area contributed by atoms with Crippen LogP contribution in [-0.4, -0.2) is 20.5 Å². The van der Waals surface area contributed by atoms with E-state index in [4.69, 9.17) is 0 Å². The van der Waals surface area contributed by atoms with Crippen molar-refractivity contribution in [1.29, 1.82) is 0 Å². The van der Waals surface area contributed by atoms with Gasteiger partial charge in [-0.2, -0.15) is 0 Å². The third-order valence-corrected chi connectivity index (χ3v) is 6.31. The highest BCUT2D eigenvalue weighted by atomic mass is 15.0. The molecule has 4 saturated carbocycles. The largest absolute Gasteiger partial charge is 0.307 e. The Morgan fingerprint density at radius 1 is 0.917 bits per heavy atom.